The summed E-state index contributed by atoms with van der Waals surface area (Å²) >= 11 is 1.72. The summed E-state index contributed by atoms with van der Waals surface area (Å²) in [6.45, 7) is 2.18. The monoisotopic (exact) mass is 237 g/mol. The molecule has 2 aromatic rings. The molecule has 0 bridgehead atoms. The number of rotatable bonds is 5. The van der Waals surface area contributed by atoms with E-state index in [2.05, 4.69) is 22.3 Å². The van der Waals surface area contributed by atoms with Crippen LogP contribution >= 0.6 is 11.8 Å². The van der Waals surface area contributed by atoms with Gasteiger partial charge in [-0.05, 0) is 12.2 Å². The minimum absolute atomic E-state index is 0.657. The molecule has 0 aliphatic carbocycles. The molecule has 86 valence electrons. The van der Waals surface area contributed by atoms with E-state index in [4.69, 9.17) is 5.84 Å². The second-order valence-corrected chi connectivity index (χ2v) is 4.52. The molecule has 0 saturated heterocycles. The molecule has 6 heteroatoms. The first-order valence-electron chi connectivity index (χ1n) is 5.28. The van der Waals surface area contributed by atoms with Gasteiger partial charge in [0.1, 0.15) is 5.03 Å². The van der Waals surface area contributed by atoms with Crippen LogP contribution in [0.1, 0.15) is 19.8 Å². The van der Waals surface area contributed by atoms with Gasteiger partial charge in [0, 0.05) is 12.4 Å². The Morgan fingerprint density at radius 3 is 3.19 bits per heavy atom. The van der Waals surface area contributed by atoms with Gasteiger partial charge in [-0.15, -0.1) is 11.8 Å². The van der Waals surface area contributed by atoms with E-state index in [9.17, 15) is 0 Å². The third-order valence-corrected chi connectivity index (χ3v) is 3.27. The first-order valence-corrected chi connectivity index (χ1v) is 6.27. The fourth-order valence-corrected chi connectivity index (χ4v) is 2.46. The Labute approximate surface area is 98.4 Å². The molecule has 0 aliphatic rings. The second kappa shape index (κ2) is 5.18. The zero-order chi connectivity index (χ0) is 11.4. The highest BCUT2D eigenvalue weighted by Gasteiger charge is 2.07. The topological polar surface area (TPSA) is 68.2 Å². The van der Waals surface area contributed by atoms with Crippen LogP contribution in [0.2, 0.25) is 0 Å². The van der Waals surface area contributed by atoms with Crippen LogP contribution in [0.3, 0.4) is 0 Å². The van der Waals surface area contributed by atoms with Crippen molar-refractivity contribution in [2.45, 2.75) is 24.8 Å². The number of thioether (sulfide) groups is 1. The van der Waals surface area contributed by atoms with Gasteiger partial charge in [0.15, 0.2) is 11.5 Å². The lowest BCUT2D eigenvalue weighted by Gasteiger charge is -2.05. The first kappa shape index (κ1) is 11.2. The van der Waals surface area contributed by atoms with Crippen LogP contribution in [-0.2, 0) is 0 Å². The number of nitrogens with two attached hydrogens (primary N) is 1. The summed E-state index contributed by atoms with van der Waals surface area (Å²) in [5, 5.41) is 0.925. The van der Waals surface area contributed by atoms with Crippen LogP contribution in [0.25, 0.3) is 5.65 Å². The SMILES string of the molecule is CCCCSc1nc(NN)cn2ccnc12. The van der Waals surface area contributed by atoms with Crippen molar-refractivity contribution in [2.24, 2.45) is 5.84 Å². The molecule has 16 heavy (non-hydrogen) atoms. The largest absolute Gasteiger partial charge is 0.307 e. The summed E-state index contributed by atoms with van der Waals surface area (Å²) in [5.41, 5.74) is 3.46. The Balaban J connectivity index is 2.29. The molecule has 5 nitrogen and oxygen atoms in total. The normalized spacial score (nSPS) is 10.9. The second-order valence-electron chi connectivity index (χ2n) is 3.44. The van der Waals surface area contributed by atoms with Crippen molar-refractivity contribution >= 4 is 23.2 Å². The number of fused-ring (bicyclic) bond motifs is 1. The van der Waals surface area contributed by atoms with Crippen LogP contribution in [-0.4, -0.2) is 20.1 Å². The Kier molecular flexibility index (Phi) is 3.63. The lowest BCUT2D eigenvalue weighted by Crippen LogP contribution is -2.10. The number of hydrazine groups is 1. The van der Waals surface area contributed by atoms with Crippen molar-refractivity contribution in [2.75, 3.05) is 11.2 Å². The van der Waals surface area contributed by atoms with Crippen LogP contribution in [0.15, 0.2) is 23.6 Å². The first-order chi connectivity index (χ1) is 7.85. The highest BCUT2D eigenvalue weighted by Crippen LogP contribution is 2.23. The summed E-state index contributed by atoms with van der Waals surface area (Å²) in [7, 11) is 0. The van der Waals surface area contributed by atoms with Gasteiger partial charge >= 0.3 is 0 Å². The van der Waals surface area contributed by atoms with E-state index < -0.39 is 0 Å². The maximum absolute atomic E-state index is 5.38. The van der Waals surface area contributed by atoms with Crippen LogP contribution in [0.4, 0.5) is 5.82 Å². The van der Waals surface area contributed by atoms with Crippen molar-refractivity contribution < 1.29 is 0 Å². The van der Waals surface area contributed by atoms with Gasteiger partial charge in [0.05, 0.1) is 6.20 Å². The fourth-order valence-electron chi connectivity index (χ4n) is 1.38. The van der Waals surface area contributed by atoms with Gasteiger partial charge < -0.3 is 9.83 Å². The molecular weight excluding hydrogens is 222 g/mol. The molecule has 0 saturated carbocycles. The third kappa shape index (κ3) is 2.28. The number of hydrogen-bond donors (Lipinski definition) is 2. The van der Waals surface area contributed by atoms with E-state index >= 15 is 0 Å². The number of nitrogen functional groups attached to an aromatic ring is 1. The lowest BCUT2D eigenvalue weighted by molar-refractivity contribution is 0.894. The standard InChI is InChI=1S/C10H15N5S/c1-2-3-6-16-10-9-12-4-5-15(9)7-8(13-10)14-11/h4-5,7,14H,2-3,6,11H2,1H3. The zero-order valence-corrected chi connectivity index (χ0v) is 10.00. The molecule has 0 atom stereocenters. The van der Waals surface area contributed by atoms with Crippen LogP contribution < -0.4 is 11.3 Å². The predicted molar refractivity (Wildman–Crippen MR) is 66.4 cm³/mol. The lowest BCUT2D eigenvalue weighted by atomic mass is 10.4. The van der Waals surface area contributed by atoms with Crippen LogP contribution in [0, 0.1) is 0 Å². The van der Waals surface area contributed by atoms with Crippen molar-refractivity contribution in [3.8, 4) is 0 Å². The zero-order valence-electron chi connectivity index (χ0n) is 9.18. The van der Waals surface area contributed by atoms with Gasteiger partial charge in [0.25, 0.3) is 0 Å². The number of unbranched alkanes of at least 4 members (excludes halogenated alkanes) is 1. The minimum atomic E-state index is 0.657. The summed E-state index contributed by atoms with van der Waals surface area (Å²) in [6, 6.07) is 0. The van der Waals surface area contributed by atoms with E-state index in [1.807, 2.05) is 16.8 Å². The third-order valence-electron chi connectivity index (χ3n) is 2.23. The highest BCUT2D eigenvalue weighted by atomic mass is 32.2. The van der Waals surface area contributed by atoms with Crippen molar-refractivity contribution in [3.05, 3.63) is 18.6 Å². The van der Waals surface area contributed by atoms with Crippen molar-refractivity contribution in [3.63, 3.8) is 0 Å². The summed E-state index contributed by atoms with van der Waals surface area (Å²) < 4.78 is 1.93. The van der Waals surface area contributed by atoms with Gasteiger partial charge in [-0.3, -0.25) is 0 Å². The van der Waals surface area contributed by atoms with E-state index in [0.717, 1.165) is 16.4 Å². The molecule has 0 spiro atoms. The maximum Gasteiger partial charge on any atom is 0.169 e. The van der Waals surface area contributed by atoms with Gasteiger partial charge in [0.2, 0.25) is 0 Å². The predicted octanol–water partition coefficient (Wildman–Crippen LogP) is 1.91. The molecule has 3 N–H and O–H groups in total. The number of hydrogen-bond acceptors (Lipinski definition) is 5. The molecule has 0 aromatic carbocycles. The molecular formula is C10H15N5S. The number of nitrogens with zero attached hydrogens (tertiary/aromatic N) is 3. The maximum atomic E-state index is 5.38. The molecule has 0 aliphatic heterocycles. The Hall–Kier alpha value is -1.27. The minimum Gasteiger partial charge on any atom is -0.307 e. The molecule has 2 rings (SSSR count). The summed E-state index contributed by atoms with van der Waals surface area (Å²) in [5.74, 6) is 7.09. The van der Waals surface area contributed by atoms with E-state index in [0.29, 0.717) is 5.82 Å². The van der Waals surface area contributed by atoms with E-state index in [1.54, 1.807) is 18.0 Å². The molecule has 2 heterocycles. The number of nitrogens with one attached hydrogen (secondary N) is 1. The molecule has 0 radical (unpaired) electrons. The van der Waals surface area contributed by atoms with E-state index in [1.165, 1.54) is 12.8 Å². The van der Waals surface area contributed by atoms with Gasteiger partial charge in [-0.1, -0.05) is 13.3 Å². The Bertz CT molecular complexity index is 467. The molecule has 0 unspecified atom stereocenters. The summed E-state index contributed by atoms with van der Waals surface area (Å²) in [6.07, 6.45) is 7.85. The number of anilines is 1. The van der Waals surface area contributed by atoms with Gasteiger partial charge in [-0.25, -0.2) is 15.8 Å². The molecule has 0 amide bonds. The Morgan fingerprint density at radius 1 is 1.56 bits per heavy atom. The van der Waals surface area contributed by atoms with E-state index in [-0.39, 0.29) is 0 Å². The number of imidazole rings is 1. The quantitative estimate of drug-likeness (QED) is 0.360. The van der Waals surface area contributed by atoms with Gasteiger partial charge in [-0.2, -0.15) is 0 Å². The smallest absolute Gasteiger partial charge is 0.169 e. The summed E-state index contributed by atoms with van der Waals surface area (Å²) in [4.78, 5) is 8.69. The van der Waals surface area contributed by atoms with Crippen molar-refractivity contribution in [1.82, 2.24) is 14.4 Å². The van der Waals surface area contributed by atoms with Crippen LogP contribution in [0.5, 0.6) is 0 Å². The highest BCUT2D eigenvalue weighted by molar-refractivity contribution is 7.99. The average Bonchev–Trinajstić information content (AvgIpc) is 2.77. The van der Waals surface area contributed by atoms with Crippen molar-refractivity contribution in [1.29, 1.82) is 0 Å². The number of aromatic nitrogens is 3. The Morgan fingerprint density at radius 2 is 2.44 bits per heavy atom. The fraction of sp³-hybridized carbons (Fsp3) is 0.400. The molecule has 0 fully saturated rings. The average molecular weight is 237 g/mol. The molecule has 2 aromatic heterocycles.